The summed E-state index contributed by atoms with van der Waals surface area (Å²) in [6.07, 6.45) is 0. The number of carboxylic acids is 2. The lowest BCUT2D eigenvalue weighted by Crippen LogP contribution is -2.37. The summed E-state index contributed by atoms with van der Waals surface area (Å²) in [5.74, 6) is -3.04. The van der Waals surface area contributed by atoms with Crippen molar-refractivity contribution in [2.45, 2.75) is 4.90 Å². The molecule has 2 N–H and O–H groups in total. The zero-order chi connectivity index (χ0) is 19.5. The van der Waals surface area contributed by atoms with E-state index in [4.69, 9.17) is 5.11 Å². The van der Waals surface area contributed by atoms with Gasteiger partial charge in [-0.3, -0.25) is 19.2 Å². The van der Waals surface area contributed by atoms with Gasteiger partial charge in [0.1, 0.15) is 6.54 Å². The molecule has 10 nitrogen and oxygen atoms in total. The van der Waals surface area contributed by atoms with Gasteiger partial charge in [0.2, 0.25) is 0 Å². The number of rotatable bonds is 7. The Balaban J connectivity index is 2.75. The van der Waals surface area contributed by atoms with E-state index in [1.807, 2.05) is 0 Å². The average Bonchev–Trinajstić information content (AvgIpc) is 2.59. The van der Waals surface area contributed by atoms with Crippen molar-refractivity contribution < 1.29 is 33.1 Å². The molecule has 2 aromatic carbocycles. The summed E-state index contributed by atoms with van der Waals surface area (Å²) in [5, 5.41) is 29.5. The van der Waals surface area contributed by atoms with Gasteiger partial charge in [-0.25, -0.2) is 13.2 Å². The van der Waals surface area contributed by atoms with Crippen molar-refractivity contribution in [3.05, 3.63) is 64.2 Å². The zero-order valence-electron chi connectivity index (χ0n) is 13.0. The Morgan fingerprint density at radius 2 is 1.62 bits per heavy atom. The molecule has 0 bridgehead atoms. The molecule has 0 aromatic heterocycles. The average molecular weight is 380 g/mol. The number of aliphatic carboxylic acids is 1. The topological polar surface area (TPSA) is 155 Å². The second-order valence-electron chi connectivity index (χ2n) is 4.95. The largest absolute Gasteiger partial charge is 0.480 e. The monoisotopic (exact) mass is 380 g/mol. The maximum atomic E-state index is 12.9. The van der Waals surface area contributed by atoms with E-state index in [1.54, 1.807) is 0 Å². The minimum absolute atomic E-state index is 0.321. The van der Waals surface area contributed by atoms with E-state index in [-0.39, 0.29) is 0 Å². The lowest BCUT2D eigenvalue weighted by Gasteiger charge is -2.24. The highest BCUT2D eigenvalue weighted by molar-refractivity contribution is 7.93. The van der Waals surface area contributed by atoms with Gasteiger partial charge in [-0.15, -0.1) is 0 Å². The first kappa shape index (κ1) is 18.9. The Morgan fingerprint density at radius 1 is 1.04 bits per heavy atom. The molecule has 0 unspecified atom stereocenters. The maximum Gasteiger partial charge on any atom is 0.337 e. The molecule has 0 aliphatic heterocycles. The van der Waals surface area contributed by atoms with Crippen molar-refractivity contribution in [2.24, 2.45) is 0 Å². The molecule has 0 saturated carbocycles. The van der Waals surface area contributed by atoms with Crippen LogP contribution in [0, 0.1) is 10.1 Å². The van der Waals surface area contributed by atoms with Crippen LogP contribution in [0.2, 0.25) is 0 Å². The van der Waals surface area contributed by atoms with Crippen LogP contribution in [0.5, 0.6) is 0 Å². The third kappa shape index (κ3) is 3.62. The molecule has 0 atom stereocenters. The lowest BCUT2D eigenvalue weighted by atomic mass is 10.2. The molecule has 0 spiro atoms. The minimum Gasteiger partial charge on any atom is -0.480 e. The van der Waals surface area contributed by atoms with E-state index in [2.05, 4.69) is 0 Å². The summed E-state index contributed by atoms with van der Waals surface area (Å²) < 4.78 is 26.2. The van der Waals surface area contributed by atoms with Gasteiger partial charge < -0.3 is 10.2 Å². The molecule has 2 aromatic rings. The number of nitrogens with zero attached hydrogens (tertiary/aromatic N) is 2. The summed E-state index contributed by atoms with van der Waals surface area (Å²) in [6, 6.07) is 9.27. The fourth-order valence-corrected chi connectivity index (χ4v) is 3.83. The van der Waals surface area contributed by atoms with Crippen LogP contribution in [0.15, 0.2) is 53.4 Å². The number of carboxylic acid groups (broad SMARTS) is 2. The minimum atomic E-state index is -4.73. The van der Waals surface area contributed by atoms with Crippen LogP contribution in [-0.2, 0) is 14.8 Å². The molecule has 0 aliphatic carbocycles. The molecule has 0 heterocycles. The number of sulfonamides is 1. The van der Waals surface area contributed by atoms with Crippen molar-refractivity contribution >= 4 is 33.3 Å². The molecule has 0 radical (unpaired) electrons. The fraction of sp³-hybridized carbons (Fsp3) is 0.0667. The van der Waals surface area contributed by atoms with E-state index in [0.717, 1.165) is 24.3 Å². The normalized spacial score (nSPS) is 10.9. The molecule has 26 heavy (non-hydrogen) atoms. The SMILES string of the molecule is O=C(O)CN(c1ccccc1C(=O)O)S(=O)(=O)c1ccccc1[N+](=O)[O-]. The Bertz CT molecular complexity index is 987. The van der Waals surface area contributed by atoms with Crippen molar-refractivity contribution in [2.75, 3.05) is 10.8 Å². The van der Waals surface area contributed by atoms with Gasteiger partial charge in [-0.2, -0.15) is 0 Å². The molecule has 2 rings (SSSR count). The summed E-state index contributed by atoms with van der Waals surface area (Å²) in [5.41, 5.74) is -1.63. The Kier molecular flexibility index (Phi) is 5.22. The number of anilines is 1. The van der Waals surface area contributed by atoms with Crippen LogP contribution in [-0.4, -0.2) is 42.0 Å². The third-order valence-electron chi connectivity index (χ3n) is 3.31. The van der Waals surface area contributed by atoms with E-state index in [9.17, 15) is 33.2 Å². The van der Waals surface area contributed by atoms with Crippen LogP contribution in [0.3, 0.4) is 0 Å². The summed E-state index contributed by atoms with van der Waals surface area (Å²) in [7, 11) is -4.73. The highest BCUT2D eigenvalue weighted by atomic mass is 32.2. The second kappa shape index (κ2) is 7.19. The first-order valence-corrected chi connectivity index (χ1v) is 8.40. The Morgan fingerprint density at radius 3 is 2.19 bits per heavy atom. The number of nitro groups is 1. The molecule has 136 valence electrons. The number of hydrogen-bond donors (Lipinski definition) is 2. The molecule has 0 aliphatic rings. The third-order valence-corrected chi connectivity index (χ3v) is 5.12. The van der Waals surface area contributed by atoms with Crippen molar-refractivity contribution in [1.29, 1.82) is 0 Å². The van der Waals surface area contributed by atoms with Crippen LogP contribution in [0.1, 0.15) is 10.4 Å². The highest BCUT2D eigenvalue weighted by Crippen LogP contribution is 2.31. The van der Waals surface area contributed by atoms with Crippen LogP contribution < -0.4 is 4.31 Å². The first-order chi connectivity index (χ1) is 12.2. The van der Waals surface area contributed by atoms with Crippen molar-refractivity contribution in [3.8, 4) is 0 Å². The van der Waals surface area contributed by atoms with Gasteiger partial charge in [-0.1, -0.05) is 24.3 Å². The van der Waals surface area contributed by atoms with Gasteiger partial charge in [0.05, 0.1) is 16.2 Å². The number of benzene rings is 2. The number of nitro benzene ring substituents is 1. The van der Waals surface area contributed by atoms with Gasteiger partial charge in [0.15, 0.2) is 4.90 Å². The molecular weight excluding hydrogens is 368 g/mol. The second-order valence-corrected chi connectivity index (χ2v) is 6.78. The van der Waals surface area contributed by atoms with Gasteiger partial charge in [0.25, 0.3) is 15.7 Å². The van der Waals surface area contributed by atoms with Crippen molar-refractivity contribution in [1.82, 2.24) is 0 Å². The zero-order valence-corrected chi connectivity index (χ0v) is 13.8. The quantitative estimate of drug-likeness (QED) is 0.541. The Hall–Kier alpha value is -3.47. The van der Waals surface area contributed by atoms with Gasteiger partial charge >= 0.3 is 11.9 Å². The highest BCUT2D eigenvalue weighted by Gasteiger charge is 2.34. The van der Waals surface area contributed by atoms with E-state index in [0.29, 0.717) is 4.31 Å². The summed E-state index contributed by atoms with van der Waals surface area (Å²) in [4.78, 5) is 32.0. The van der Waals surface area contributed by atoms with Crippen LogP contribution in [0.25, 0.3) is 0 Å². The van der Waals surface area contributed by atoms with E-state index < -0.39 is 55.3 Å². The predicted molar refractivity (Wildman–Crippen MR) is 88.7 cm³/mol. The fourth-order valence-electron chi connectivity index (χ4n) is 2.24. The van der Waals surface area contributed by atoms with E-state index in [1.165, 1.54) is 24.3 Å². The number of hydrogen-bond acceptors (Lipinski definition) is 6. The number of carbonyl (C=O) groups is 2. The van der Waals surface area contributed by atoms with Gasteiger partial charge in [0, 0.05) is 6.07 Å². The predicted octanol–water partition coefficient (Wildman–Crippen LogP) is 1.57. The van der Waals surface area contributed by atoms with E-state index >= 15 is 0 Å². The number of aromatic carboxylic acids is 1. The number of para-hydroxylation sites is 2. The smallest absolute Gasteiger partial charge is 0.337 e. The standard InChI is InChI=1S/C15H12N2O8S/c18-14(19)9-16(11-6-2-1-5-10(11)15(20)21)26(24,25)13-8-4-3-7-12(13)17(22)23/h1-8H,9H2,(H,18,19)(H,20,21). The molecule has 0 saturated heterocycles. The lowest BCUT2D eigenvalue weighted by molar-refractivity contribution is -0.387. The Labute approximate surface area is 147 Å². The molecule has 11 heteroatoms. The molecule has 0 amide bonds. The molecular formula is C15H12N2O8S. The maximum absolute atomic E-state index is 12.9. The van der Waals surface area contributed by atoms with Crippen LogP contribution >= 0.6 is 0 Å². The summed E-state index contributed by atoms with van der Waals surface area (Å²) in [6.45, 7) is -1.11. The molecule has 0 fully saturated rings. The first-order valence-electron chi connectivity index (χ1n) is 6.96. The summed E-state index contributed by atoms with van der Waals surface area (Å²) >= 11 is 0. The van der Waals surface area contributed by atoms with Gasteiger partial charge in [-0.05, 0) is 18.2 Å². The van der Waals surface area contributed by atoms with Crippen molar-refractivity contribution in [3.63, 3.8) is 0 Å². The van der Waals surface area contributed by atoms with Crippen LogP contribution in [0.4, 0.5) is 11.4 Å².